The second-order valence-electron chi connectivity index (χ2n) is 7.86. The maximum Gasteiger partial charge on any atom is 0.194 e. The molecule has 1 N–H and O–H groups in total. The average molecular weight is 426 g/mol. The number of anilines is 2. The fourth-order valence-electron chi connectivity index (χ4n) is 4.12. The Hall–Kier alpha value is -2.80. The molecule has 166 valence electrons. The number of hydrogen-bond acceptors (Lipinski definition) is 4. The number of nitrogens with zero attached hydrogens (tertiary/aromatic N) is 4. The lowest BCUT2D eigenvalue weighted by atomic mass is 10.1. The summed E-state index contributed by atoms with van der Waals surface area (Å²) >= 11 is 0. The number of benzene rings is 2. The summed E-state index contributed by atoms with van der Waals surface area (Å²) in [5.74, 6) is 0.712. The van der Waals surface area contributed by atoms with Crippen molar-refractivity contribution in [2.45, 2.75) is 13.5 Å². The van der Waals surface area contributed by atoms with Gasteiger partial charge in [-0.1, -0.05) is 24.3 Å². The monoisotopic (exact) mass is 425 g/mol. The zero-order chi connectivity index (χ0) is 21.5. The van der Waals surface area contributed by atoms with Gasteiger partial charge < -0.3 is 24.8 Å². The summed E-state index contributed by atoms with van der Waals surface area (Å²) in [4.78, 5) is 11.5. The minimum Gasteiger partial charge on any atom is -0.378 e. The van der Waals surface area contributed by atoms with Crippen LogP contribution in [0.25, 0.3) is 0 Å². The van der Waals surface area contributed by atoms with E-state index in [1.807, 2.05) is 23.1 Å². The molecule has 2 fully saturated rings. The van der Waals surface area contributed by atoms with E-state index in [0.717, 1.165) is 57.3 Å². The number of nitrogens with one attached hydrogen (secondary N) is 1. The molecule has 2 aliphatic heterocycles. The Morgan fingerprint density at radius 2 is 1.71 bits per heavy atom. The predicted octanol–water partition coefficient (Wildman–Crippen LogP) is 2.95. The molecule has 0 spiro atoms. The van der Waals surface area contributed by atoms with Gasteiger partial charge in [-0.3, -0.25) is 0 Å². The van der Waals surface area contributed by atoms with Gasteiger partial charge in [0.05, 0.1) is 25.4 Å². The van der Waals surface area contributed by atoms with Crippen LogP contribution in [-0.4, -0.2) is 69.9 Å². The highest BCUT2D eigenvalue weighted by Crippen LogP contribution is 2.22. The molecule has 0 aliphatic carbocycles. The fraction of sp³-hybridized carbons (Fsp3) is 0.458. The molecule has 0 saturated carbocycles. The van der Waals surface area contributed by atoms with Crippen molar-refractivity contribution in [1.29, 1.82) is 0 Å². The van der Waals surface area contributed by atoms with Crippen LogP contribution in [0, 0.1) is 5.82 Å². The minimum atomic E-state index is -0.184. The second kappa shape index (κ2) is 10.5. The van der Waals surface area contributed by atoms with Gasteiger partial charge in [0.2, 0.25) is 0 Å². The molecule has 0 bridgehead atoms. The summed E-state index contributed by atoms with van der Waals surface area (Å²) in [6, 6.07) is 16.0. The number of piperazine rings is 1. The Labute approximate surface area is 184 Å². The van der Waals surface area contributed by atoms with Crippen molar-refractivity contribution in [1.82, 2.24) is 10.2 Å². The molecule has 2 aromatic rings. The van der Waals surface area contributed by atoms with Gasteiger partial charge in [-0.15, -0.1) is 0 Å². The van der Waals surface area contributed by atoms with Crippen molar-refractivity contribution < 1.29 is 9.13 Å². The number of aliphatic imine (C=N–C) groups is 1. The van der Waals surface area contributed by atoms with Crippen LogP contribution >= 0.6 is 0 Å². The van der Waals surface area contributed by atoms with Gasteiger partial charge in [0.15, 0.2) is 5.96 Å². The highest BCUT2D eigenvalue weighted by Gasteiger charge is 2.20. The van der Waals surface area contributed by atoms with Gasteiger partial charge in [-0.2, -0.15) is 0 Å². The molecule has 0 radical (unpaired) electrons. The van der Waals surface area contributed by atoms with Crippen molar-refractivity contribution in [3.63, 3.8) is 0 Å². The number of morpholine rings is 1. The second-order valence-corrected chi connectivity index (χ2v) is 7.86. The molecule has 2 aliphatic rings. The van der Waals surface area contributed by atoms with Crippen LogP contribution in [0.3, 0.4) is 0 Å². The van der Waals surface area contributed by atoms with Crippen LogP contribution in [0.15, 0.2) is 53.5 Å². The Bertz CT molecular complexity index is 862. The van der Waals surface area contributed by atoms with E-state index in [2.05, 4.69) is 46.3 Å². The third-order valence-electron chi connectivity index (χ3n) is 5.81. The quantitative estimate of drug-likeness (QED) is 0.589. The Kier molecular flexibility index (Phi) is 7.25. The average Bonchev–Trinajstić information content (AvgIpc) is 2.83. The van der Waals surface area contributed by atoms with E-state index in [0.29, 0.717) is 25.4 Å². The van der Waals surface area contributed by atoms with E-state index >= 15 is 0 Å². The van der Waals surface area contributed by atoms with Crippen molar-refractivity contribution in [3.8, 4) is 0 Å². The molecule has 31 heavy (non-hydrogen) atoms. The third-order valence-corrected chi connectivity index (χ3v) is 5.81. The summed E-state index contributed by atoms with van der Waals surface area (Å²) in [5.41, 5.74) is 2.80. The summed E-state index contributed by atoms with van der Waals surface area (Å²) < 4.78 is 20.1. The highest BCUT2D eigenvalue weighted by molar-refractivity contribution is 5.80. The molecule has 7 heteroatoms. The molecule has 2 saturated heterocycles. The fourth-order valence-corrected chi connectivity index (χ4v) is 4.12. The normalized spacial score (nSPS) is 17.7. The predicted molar refractivity (Wildman–Crippen MR) is 124 cm³/mol. The van der Waals surface area contributed by atoms with E-state index in [4.69, 9.17) is 9.73 Å². The van der Waals surface area contributed by atoms with Crippen molar-refractivity contribution >= 4 is 17.3 Å². The molecule has 0 unspecified atom stereocenters. The molecule has 0 amide bonds. The van der Waals surface area contributed by atoms with Gasteiger partial charge in [0.25, 0.3) is 0 Å². The van der Waals surface area contributed by atoms with Crippen molar-refractivity contribution in [2.24, 2.45) is 4.99 Å². The van der Waals surface area contributed by atoms with E-state index in [-0.39, 0.29) is 5.82 Å². The molecule has 2 aromatic carbocycles. The number of rotatable bonds is 5. The van der Waals surface area contributed by atoms with E-state index in [9.17, 15) is 4.39 Å². The first-order chi connectivity index (χ1) is 15.2. The maximum atomic E-state index is 14.7. The lowest BCUT2D eigenvalue weighted by Crippen LogP contribution is -2.52. The zero-order valence-corrected chi connectivity index (χ0v) is 18.3. The lowest BCUT2D eigenvalue weighted by molar-refractivity contribution is 0.122. The Morgan fingerprint density at radius 1 is 0.968 bits per heavy atom. The Morgan fingerprint density at radius 3 is 2.39 bits per heavy atom. The molecule has 0 aromatic heterocycles. The molecular formula is C24H32FN5O. The van der Waals surface area contributed by atoms with Gasteiger partial charge >= 0.3 is 0 Å². The highest BCUT2D eigenvalue weighted by atomic mass is 19.1. The standard InChI is InChI=1S/C24H32FN5O/c1-2-26-24(30-12-10-28(11-13-30)21-6-4-3-5-7-21)27-19-20-8-9-23(22(25)18-20)29-14-16-31-17-15-29/h3-9,18H,2,10-17,19H2,1H3,(H,26,27). The SMILES string of the molecule is CCNC(=NCc1ccc(N2CCOCC2)c(F)c1)N1CCN(c2ccccc2)CC1. The number of guanidine groups is 1. The van der Waals surface area contributed by atoms with Crippen molar-refractivity contribution in [3.05, 3.63) is 59.9 Å². The summed E-state index contributed by atoms with van der Waals surface area (Å²) in [6.45, 7) is 9.83. The van der Waals surface area contributed by atoms with Crippen LogP contribution in [0.5, 0.6) is 0 Å². The summed E-state index contributed by atoms with van der Waals surface area (Å²) in [5, 5.41) is 3.40. The van der Waals surface area contributed by atoms with Gasteiger partial charge in [-0.25, -0.2) is 9.38 Å². The molecule has 2 heterocycles. The van der Waals surface area contributed by atoms with Crippen molar-refractivity contribution in [2.75, 3.05) is 68.8 Å². The van der Waals surface area contributed by atoms with Crippen LogP contribution in [0.2, 0.25) is 0 Å². The molecule has 0 atom stereocenters. The first kappa shape index (κ1) is 21.4. The van der Waals surface area contributed by atoms with Gasteiger partial charge in [-0.05, 0) is 36.8 Å². The maximum absolute atomic E-state index is 14.7. The van der Waals surface area contributed by atoms with E-state index < -0.39 is 0 Å². The van der Waals surface area contributed by atoms with Crippen LogP contribution in [0.1, 0.15) is 12.5 Å². The van der Waals surface area contributed by atoms with Crippen LogP contribution in [0.4, 0.5) is 15.8 Å². The molecular weight excluding hydrogens is 393 g/mol. The number of halogens is 1. The first-order valence-corrected chi connectivity index (χ1v) is 11.2. The lowest BCUT2D eigenvalue weighted by Gasteiger charge is -2.37. The largest absolute Gasteiger partial charge is 0.378 e. The first-order valence-electron chi connectivity index (χ1n) is 11.2. The summed E-state index contributed by atoms with van der Waals surface area (Å²) in [6.07, 6.45) is 0. The summed E-state index contributed by atoms with van der Waals surface area (Å²) in [7, 11) is 0. The molecule has 4 rings (SSSR count). The van der Waals surface area contributed by atoms with E-state index in [1.165, 1.54) is 5.69 Å². The van der Waals surface area contributed by atoms with Crippen LogP contribution < -0.4 is 15.1 Å². The van der Waals surface area contributed by atoms with Gasteiger partial charge in [0.1, 0.15) is 5.82 Å². The topological polar surface area (TPSA) is 43.3 Å². The Balaban J connectivity index is 1.38. The number of hydrogen-bond donors (Lipinski definition) is 1. The van der Waals surface area contributed by atoms with E-state index in [1.54, 1.807) is 6.07 Å². The van der Waals surface area contributed by atoms with Crippen LogP contribution in [-0.2, 0) is 11.3 Å². The van der Waals surface area contributed by atoms with Gasteiger partial charge in [0, 0.05) is 51.5 Å². The zero-order valence-electron chi connectivity index (χ0n) is 18.3. The number of para-hydroxylation sites is 1. The minimum absolute atomic E-state index is 0.184. The molecule has 6 nitrogen and oxygen atoms in total. The smallest absolute Gasteiger partial charge is 0.194 e. The third kappa shape index (κ3) is 5.47. The number of ether oxygens (including phenoxy) is 1.